The predicted octanol–water partition coefficient (Wildman–Crippen LogP) is 3.72. The van der Waals surface area contributed by atoms with Crippen molar-refractivity contribution >= 4 is 17.7 Å². The van der Waals surface area contributed by atoms with Crippen molar-refractivity contribution in [3.63, 3.8) is 0 Å². The second kappa shape index (κ2) is 6.25. The summed E-state index contributed by atoms with van der Waals surface area (Å²) in [5.41, 5.74) is 0.904. The van der Waals surface area contributed by atoms with Gasteiger partial charge in [-0.05, 0) is 18.9 Å². The fourth-order valence-corrected chi connectivity index (χ4v) is 1.30. The van der Waals surface area contributed by atoms with Gasteiger partial charge in [0.15, 0.2) is 0 Å². The number of allylic oxidation sites excluding steroid dienone is 2. The van der Waals surface area contributed by atoms with Gasteiger partial charge >= 0.3 is 0 Å². The standard InChI is InChI=1S/C12H14ClNO/c1-3-4-5-6-7-10-8-9-11(15-2)14-12(10)13/h3,6-9H,1,4-5H2,2H3/b7-6+. The number of rotatable bonds is 5. The molecule has 0 amide bonds. The van der Waals surface area contributed by atoms with Crippen molar-refractivity contribution in [2.24, 2.45) is 0 Å². The van der Waals surface area contributed by atoms with E-state index in [2.05, 4.69) is 17.6 Å². The summed E-state index contributed by atoms with van der Waals surface area (Å²) in [6.45, 7) is 3.66. The van der Waals surface area contributed by atoms with E-state index in [0.717, 1.165) is 18.4 Å². The van der Waals surface area contributed by atoms with Crippen LogP contribution in [0.2, 0.25) is 5.15 Å². The van der Waals surface area contributed by atoms with Gasteiger partial charge in [0, 0.05) is 11.6 Å². The summed E-state index contributed by atoms with van der Waals surface area (Å²) in [5.74, 6) is 0.531. The molecule has 0 saturated carbocycles. The van der Waals surface area contributed by atoms with Gasteiger partial charge in [0.1, 0.15) is 5.15 Å². The average molecular weight is 224 g/mol. The van der Waals surface area contributed by atoms with Crippen molar-refractivity contribution in [1.29, 1.82) is 0 Å². The lowest BCUT2D eigenvalue weighted by Crippen LogP contribution is -1.88. The number of pyridine rings is 1. The van der Waals surface area contributed by atoms with Gasteiger partial charge in [-0.2, -0.15) is 0 Å². The number of nitrogens with zero attached hydrogens (tertiary/aromatic N) is 1. The van der Waals surface area contributed by atoms with E-state index >= 15 is 0 Å². The highest BCUT2D eigenvalue weighted by Gasteiger charge is 1.99. The summed E-state index contributed by atoms with van der Waals surface area (Å²) in [4.78, 5) is 4.06. The molecule has 0 aliphatic carbocycles. The third-order valence-corrected chi connectivity index (χ3v) is 2.20. The molecule has 0 spiro atoms. The molecule has 1 aromatic rings. The Hall–Kier alpha value is -1.28. The van der Waals surface area contributed by atoms with Crippen molar-refractivity contribution in [2.45, 2.75) is 12.8 Å². The van der Waals surface area contributed by atoms with E-state index in [9.17, 15) is 0 Å². The Morgan fingerprint density at radius 3 is 2.87 bits per heavy atom. The minimum atomic E-state index is 0.462. The van der Waals surface area contributed by atoms with Gasteiger partial charge in [-0.1, -0.05) is 29.8 Å². The molecule has 0 unspecified atom stereocenters. The maximum Gasteiger partial charge on any atom is 0.214 e. The van der Waals surface area contributed by atoms with Crippen LogP contribution in [-0.2, 0) is 0 Å². The molecule has 0 saturated heterocycles. The van der Waals surface area contributed by atoms with E-state index in [1.807, 2.05) is 18.2 Å². The Bertz CT molecular complexity index is 361. The van der Waals surface area contributed by atoms with E-state index in [4.69, 9.17) is 16.3 Å². The van der Waals surface area contributed by atoms with Gasteiger partial charge in [-0.25, -0.2) is 4.98 Å². The van der Waals surface area contributed by atoms with Crippen LogP contribution in [0, 0.1) is 0 Å². The highest BCUT2D eigenvalue weighted by molar-refractivity contribution is 6.30. The SMILES string of the molecule is C=CCC/C=C/c1ccc(OC)nc1Cl. The van der Waals surface area contributed by atoms with Gasteiger partial charge in [0.2, 0.25) is 5.88 Å². The second-order valence-corrected chi connectivity index (χ2v) is 3.36. The predicted molar refractivity (Wildman–Crippen MR) is 64.3 cm³/mol. The number of aromatic nitrogens is 1. The Kier molecular flexibility index (Phi) is 4.91. The molecule has 3 heteroatoms. The molecule has 2 nitrogen and oxygen atoms in total. The molecular formula is C12H14ClNO. The quantitative estimate of drug-likeness (QED) is 0.431. The number of ether oxygens (including phenoxy) is 1. The van der Waals surface area contributed by atoms with E-state index < -0.39 is 0 Å². The molecule has 0 fully saturated rings. The maximum atomic E-state index is 5.96. The van der Waals surface area contributed by atoms with Crippen molar-refractivity contribution < 1.29 is 4.74 Å². The first kappa shape index (κ1) is 11.8. The number of hydrogen-bond acceptors (Lipinski definition) is 2. The molecule has 80 valence electrons. The molecule has 15 heavy (non-hydrogen) atoms. The van der Waals surface area contributed by atoms with Crippen LogP contribution in [0.3, 0.4) is 0 Å². The van der Waals surface area contributed by atoms with E-state index in [0.29, 0.717) is 11.0 Å². The molecule has 0 N–H and O–H groups in total. The third-order valence-electron chi connectivity index (χ3n) is 1.90. The second-order valence-electron chi connectivity index (χ2n) is 3.00. The summed E-state index contributed by atoms with van der Waals surface area (Å²) in [6, 6.07) is 3.68. The summed E-state index contributed by atoms with van der Waals surface area (Å²) >= 11 is 5.96. The smallest absolute Gasteiger partial charge is 0.214 e. The van der Waals surface area contributed by atoms with Crippen LogP contribution in [-0.4, -0.2) is 12.1 Å². The number of hydrogen-bond donors (Lipinski definition) is 0. The first-order valence-corrected chi connectivity index (χ1v) is 5.13. The molecule has 0 aliphatic rings. The Balaban J connectivity index is 2.69. The van der Waals surface area contributed by atoms with Crippen molar-refractivity contribution in [2.75, 3.05) is 7.11 Å². The highest BCUT2D eigenvalue weighted by Crippen LogP contribution is 2.19. The Labute approximate surface area is 95.2 Å². The summed E-state index contributed by atoms with van der Waals surface area (Å²) in [7, 11) is 1.57. The monoisotopic (exact) mass is 223 g/mol. The van der Waals surface area contributed by atoms with Crippen LogP contribution in [0.5, 0.6) is 5.88 Å². The molecule has 0 atom stereocenters. The Morgan fingerprint density at radius 2 is 2.27 bits per heavy atom. The van der Waals surface area contributed by atoms with Crippen molar-refractivity contribution in [1.82, 2.24) is 4.98 Å². The maximum absolute atomic E-state index is 5.96. The first-order valence-electron chi connectivity index (χ1n) is 4.76. The lowest BCUT2D eigenvalue weighted by atomic mass is 10.2. The van der Waals surface area contributed by atoms with Crippen LogP contribution in [0.25, 0.3) is 6.08 Å². The van der Waals surface area contributed by atoms with Crippen LogP contribution in [0.4, 0.5) is 0 Å². The first-order chi connectivity index (χ1) is 7.27. The minimum absolute atomic E-state index is 0.462. The molecule has 1 heterocycles. The fourth-order valence-electron chi connectivity index (χ4n) is 1.09. The Morgan fingerprint density at radius 1 is 1.47 bits per heavy atom. The van der Waals surface area contributed by atoms with Gasteiger partial charge < -0.3 is 4.74 Å². The van der Waals surface area contributed by atoms with Crippen LogP contribution >= 0.6 is 11.6 Å². The molecular weight excluding hydrogens is 210 g/mol. The van der Waals surface area contributed by atoms with Crippen molar-refractivity contribution in [3.8, 4) is 5.88 Å². The molecule has 1 aromatic heterocycles. The highest BCUT2D eigenvalue weighted by atomic mass is 35.5. The minimum Gasteiger partial charge on any atom is -0.481 e. The molecule has 0 aromatic carbocycles. The average Bonchev–Trinajstić information content (AvgIpc) is 2.26. The summed E-state index contributed by atoms with van der Waals surface area (Å²) in [6.07, 6.45) is 7.83. The van der Waals surface area contributed by atoms with Crippen LogP contribution in [0.15, 0.2) is 30.9 Å². The van der Waals surface area contributed by atoms with Crippen LogP contribution in [0.1, 0.15) is 18.4 Å². The summed E-state index contributed by atoms with van der Waals surface area (Å²) < 4.78 is 4.96. The fraction of sp³-hybridized carbons (Fsp3) is 0.250. The lowest BCUT2D eigenvalue weighted by Gasteiger charge is -2.01. The molecule has 0 bridgehead atoms. The number of unbranched alkanes of at least 4 members (excludes halogenated alkanes) is 1. The largest absolute Gasteiger partial charge is 0.481 e. The lowest BCUT2D eigenvalue weighted by molar-refractivity contribution is 0.398. The number of methoxy groups -OCH3 is 1. The van der Waals surface area contributed by atoms with Gasteiger partial charge in [0.25, 0.3) is 0 Å². The number of halogens is 1. The van der Waals surface area contributed by atoms with Gasteiger partial charge in [0.05, 0.1) is 7.11 Å². The van der Waals surface area contributed by atoms with Crippen molar-refractivity contribution in [3.05, 3.63) is 41.6 Å². The normalized spacial score (nSPS) is 10.5. The van der Waals surface area contributed by atoms with E-state index in [1.54, 1.807) is 13.2 Å². The topological polar surface area (TPSA) is 22.1 Å². The zero-order chi connectivity index (χ0) is 11.1. The third kappa shape index (κ3) is 3.76. The van der Waals surface area contributed by atoms with E-state index in [-0.39, 0.29) is 0 Å². The van der Waals surface area contributed by atoms with Gasteiger partial charge in [-0.15, -0.1) is 6.58 Å². The molecule has 0 aliphatic heterocycles. The van der Waals surface area contributed by atoms with Gasteiger partial charge in [-0.3, -0.25) is 0 Å². The molecule has 1 rings (SSSR count). The zero-order valence-electron chi connectivity index (χ0n) is 8.74. The van der Waals surface area contributed by atoms with E-state index in [1.165, 1.54) is 0 Å². The van der Waals surface area contributed by atoms with Crippen LogP contribution < -0.4 is 4.74 Å². The molecule has 0 radical (unpaired) electrons. The summed E-state index contributed by atoms with van der Waals surface area (Å²) in [5, 5.41) is 0.462. The zero-order valence-corrected chi connectivity index (χ0v) is 9.50.